The minimum Gasteiger partial charge on any atom is -0.294 e. The van der Waals surface area contributed by atoms with Crippen LogP contribution < -0.4 is 0 Å². The molecule has 1 heterocycles. The van der Waals surface area contributed by atoms with Crippen LogP contribution in [0.4, 0.5) is 5.69 Å². The number of carbonyl (C=O) groups excluding carboxylic acids is 1. The molecule has 0 saturated carbocycles. The largest absolute Gasteiger partial charge is 0.294 e. The summed E-state index contributed by atoms with van der Waals surface area (Å²) in [6.45, 7) is 0. The van der Waals surface area contributed by atoms with Crippen molar-refractivity contribution in [1.29, 1.82) is 0 Å². The van der Waals surface area contributed by atoms with E-state index in [-0.39, 0.29) is 11.5 Å². The zero-order chi connectivity index (χ0) is 13.0. The van der Waals surface area contributed by atoms with E-state index < -0.39 is 4.92 Å². The molecule has 5 heteroatoms. The maximum atomic E-state index is 12.1. The Balaban J connectivity index is 2.03. The molecule has 0 radical (unpaired) electrons. The van der Waals surface area contributed by atoms with E-state index in [0.717, 1.165) is 24.3 Å². The molecule has 4 nitrogen and oxygen atoms in total. The smallest absolute Gasteiger partial charge is 0.270 e. The van der Waals surface area contributed by atoms with E-state index in [9.17, 15) is 14.9 Å². The lowest BCUT2D eigenvalue weighted by atomic mass is 9.93. The van der Waals surface area contributed by atoms with Crippen LogP contribution in [0.2, 0.25) is 0 Å². The minimum atomic E-state index is -0.464. The van der Waals surface area contributed by atoms with Gasteiger partial charge in [0, 0.05) is 24.1 Å². The minimum absolute atomic E-state index is 0.0138. The molecular weight excluding hydrogens is 250 g/mol. The number of nitro benzene ring substituents is 1. The molecule has 0 aliphatic carbocycles. The van der Waals surface area contributed by atoms with Gasteiger partial charge in [0.25, 0.3) is 5.69 Å². The van der Waals surface area contributed by atoms with E-state index in [4.69, 9.17) is 0 Å². The summed E-state index contributed by atoms with van der Waals surface area (Å²) in [7, 11) is 0. The molecule has 1 aromatic carbocycles. The fraction of sp³-hybridized carbons (Fsp3) is 0.462. The van der Waals surface area contributed by atoms with Gasteiger partial charge in [-0.1, -0.05) is 12.1 Å². The predicted octanol–water partition coefficient (Wildman–Crippen LogP) is 3.31. The maximum absolute atomic E-state index is 12.1. The number of nitrogens with zero attached hydrogens (tertiary/aromatic N) is 1. The summed E-state index contributed by atoms with van der Waals surface area (Å²) in [4.78, 5) is 22.3. The lowest BCUT2D eigenvalue weighted by Gasteiger charge is -2.20. The standard InChI is InChI=1S/C13H15NO3S/c15-13(8-10-4-6-18-7-5-10)11-2-1-3-12(9-11)14(16)17/h1-3,9-10H,4-8H2. The van der Waals surface area contributed by atoms with Crippen LogP contribution in [0, 0.1) is 16.0 Å². The molecule has 0 aromatic heterocycles. The first-order valence-corrected chi connectivity index (χ1v) is 7.17. The van der Waals surface area contributed by atoms with Crippen molar-refractivity contribution in [3.8, 4) is 0 Å². The Kier molecular flexibility index (Phi) is 4.36. The van der Waals surface area contributed by atoms with Gasteiger partial charge in [-0.2, -0.15) is 11.8 Å². The SMILES string of the molecule is O=C(CC1CCSCC1)c1cccc([N+](=O)[O-])c1. The quantitative estimate of drug-likeness (QED) is 0.476. The number of nitro groups is 1. The molecule has 18 heavy (non-hydrogen) atoms. The predicted molar refractivity (Wildman–Crippen MR) is 72.1 cm³/mol. The number of thioether (sulfide) groups is 1. The van der Waals surface area contributed by atoms with Crippen molar-refractivity contribution in [2.24, 2.45) is 5.92 Å². The van der Waals surface area contributed by atoms with Crippen molar-refractivity contribution in [3.05, 3.63) is 39.9 Å². The molecule has 1 aliphatic heterocycles. The average molecular weight is 265 g/mol. The first kappa shape index (κ1) is 13.1. The molecule has 1 aromatic rings. The fourth-order valence-electron chi connectivity index (χ4n) is 2.12. The molecule has 1 aliphatic rings. The molecule has 1 saturated heterocycles. The van der Waals surface area contributed by atoms with E-state index in [1.54, 1.807) is 12.1 Å². The average Bonchev–Trinajstić information content (AvgIpc) is 2.40. The summed E-state index contributed by atoms with van der Waals surface area (Å²) in [6.07, 6.45) is 2.67. The Bertz CT molecular complexity index is 455. The van der Waals surface area contributed by atoms with E-state index >= 15 is 0 Å². The van der Waals surface area contributed by atoms with Crippen LogP contribution in [0.25, 0.3) is 0 Å². The summed E-state index contributed by atoms with van der Waals surface area (Å²) < 4.78 is 0. The molecule has 96 valence electrons. The van der Waals surface area contributed by atoms with Crippen LogP contribution in [0.1, 0.15) is 29.6 Å². The Morgan fingerprint density at radius 2 is 2.11 bits per heavy atom. The summed E-state index contributed by atoms with van der Waals surface area (Å²) in [5.41, 5.74) is 0.447. The number of carbonyl (C=O) groups is 1. The van der Waals surface area contributed by atoms with Crippen LogP contribution in [0.5, 0.6) is 0 Å². The van der Waals surface area contributed by atoms with Crippen molar-refractivity contribution in [2.45, 2.75) is 19.3 Å². The van der Waals surface area contributed by atoms with Crippen LogP contribution in [-0.4, -0.2) is 22.2 Å². The monoisotopic (exact) mass is 265 g/mol. The van der Waals surface area contributed by atoms with E-state index in [0.29, 0.717) is 17.9 Å². The molecule has 0 unspecified atom stereocenters. The molecule has 0 N–H and O–H groups in total. The Morgan fingerprint density at radius 1 is 1.39 bits per heavy atom. The van der Waals surface area contributed by atoms with Crippen LogP contribution in [0.15, 0.2) is 24.3 Å². The molecule has 0 atom stereocenters. The highest BCUT2D eigenvalue weighted by atomic mass is 32.2. The molecule has 2 rings (SSSR count). The van der Waals surface area contributed by atoms with E-state index in [1.165, 1.54) is 12.1 Å². The molecule has 1 fully saturated rings. The van der Waals surface area contributed by atoms with Gasteiger partial charge in [-0.3, -0.25) is 14.9 Å². The summed E-state index contributed by atoms with van der Waals surface area (Å²) >= 11 is 1.93. The summed E-state index contributed by atoms with van der Waals surface area (Å²) in [6, 6.07) is 6.02. The van der Waals surface area contributed by atoms with Gasteiger partial charge in [-0.05, 0) is 30.3 Å². The highest BCUT2D eigenvalue weighted by molar-refractivity contribution is 7.99. The fourth-order valence-corrected chi connectivity index (χ4v) is 3.33. The van der Waals surface area contributed by atoms with Gasteiger partial charge in [0.2, 0.25) is 0 Å². The van der Waals surface area contributed by atoms with Gasteiger partial charge >= 0.3 is 0 Å². The van der Waals surface area contributed by atoms with Gasteiger partial charge in [0.15, 0.2) is 5.78 Å². The molecule has 0 amide bonds. The zero-order valence-electron chi connectivity index (χ0n) is 10.0. The first-order chi connectivity index (χ1) is 8.66. The Morgan fingerprint density at radius 3 is 2.78 bits per heavy atom. The number of non-ortho nitro benzene ring substituents is 1. The highest BCUT2D eigenvalue weighted by Crippen LogP contribution is 2.27. The van der Waals surface area contributed by atoms with Gasteiger partial charge in [0.1, 0.15) is 0 Å². The lowest BCUT2D eigenvalue weighted by Crippen LogP contribution is -2.14. The third-order valence-corrected chi connectivity index (χ3v) is 4.24. The molecular formula is C13H15NO3S. The third kappa shape index (κ3) is 3.32. The molecule has 0 spiro atoms. The van der Waals surface area contributed by atoms with Gasteiger partial charge in [0.05, 0.1) is 4.92 Å². The van der Waals surface area contributed by atoms with Crippen molar-refractivity contribution in [3.63, 3.8) is 0 Å². The highest BCUT2D eigenvalue weighted by Gasteiger charge is 2.19. The van der Waals surface area contributed by atoms with Crippen molar-refractivity contribution in [2.75, 3.05) is 11.5 Å². The number of rotatable bonds is 4. The Labute approximate surface area is 110 Å². The van der Waals surface area contributed by atoms with E-state index in [1.807, 2.05) is 11.8 Å². The summed E-state index contributed by atoms with van der Waals surface area (Å²) in [5.74, 6) is 2.70. The molecule has 0 bridgehead atoms. The second-order valence-corrected chi connectivity index (χ2v) is 5.72. The van der Waals surface area contributed by atoms with Gasteiger partial charge in [-0.25, -0.2) is 0 Å². The van der Waals surface area contributed by atoms with Crippen molar-refractivity contribution in [1.82, 2.24) is 0 Å². The number of hydrogen-bond donors (Lipinski definition) is 0. The number of hydrogen-bond acceptors (Lipinski definition) is 4. The van der Waals surface area contributed by atoms with Crippen LogP contribution in [-0.2, 0) is 0 Å². The van der Waals surface area contributed by atoms with Crippen LogP contribution in [0.3, 0.4) is 0 Å². The Hall–Kier alpha value is -1.36. The maximum Gasteiger partial charge on any atom is 0.270 e. The normalized spacial score (nSPS) is 16.4. The van der Waals surface area contributed by atoms with E-state index in [2.05, 4.69) is 0 Å². The van der Waals surface area contributed by atoms with Gasteiger partial charge < -0.3 is 0 Å². The number of Topliss-reactive ketones (excluding diaryl/α,β-unsaturated/α-hetero) is 1. The second kappa shape index (κ2) is 6.00. The lowest BCUT2D eigenvalue weighted by molar-refractivity contribution is -0.384. The zero-order valence-corrected chi connectivity index (χ0v) is 10.8. The third-order valence-electron chi connectivity index (χ3n) is 3.19. The van der Waals surface area contributed by atoms with Crippen molar-refractivity contribution < 1.29 is 9.72 Å². The summed E-state index contributed by atoms with van der Waals surface area (Å²) in [5, 5.41) is 10.7. The van der Waals surface area contributed by atoms with Crippen molar-refractivity contribution >= 4 is 23.2 Å². The number of benzene rings is 1. The first-order valence-electron chi connectivity index (χ1n) is 6.02. The van der Waals surface area contributed by atoms with Crippen LogP contribution >= 0.6 is 11.8 Å². The van der Waals surface area contributed by atoms with Gasteiger partial charge in [-0.15, -0.1) is 0 Å². The topological polar surface area (TPSA) is 60.2 Å². The number of ketones is 1. The second-order valence-electron chi connectivity index (χ2n) is 4.49.